The fourth-order valence-corrected chi connectivity index (χ4v) is 2.40. The molecule has 2 aromatic carbocycles. The van der Waals surface area contributed by atoms with Crippen molar-refractivity contribution in [2.75, 3.05) is 5.32 Å². The van der Waals surface area contributed by atoms with Crippen LogP contribution < -0.4 is 10.1 Å². The molecule has 3 rings (SSSR count). The Kier molecular flexibility index (Phi) is 4.82. The zero-order chi connectivity index (χ0) is 16.9. The van der Waals surface area contributed by atoms with Gasteiger partial charge >= 0.3 is 0 Å². The van der Waals surface area contributed by atoms with Crippen LogP contribution in [-0.2, 0) is 13.7 Å². The van der Waals surface area contributed by atoms with E-state index < -0.39 is 0 Å². The Hall–Kier alpha value is -2.79. The number of carbonyl (C=O) groups is 1. The molecule has 0 bridgehead atoms. The molecule has 1 amide bonds. The number of hydrogen-bond acceptors (Lipinski definition) is 3. The molecule has 0 spiro atoms. The van der Waals surface area contributed by atoms with E-state index in [1.807, 2.05) is 24.3 Å². The van der Waals surface area contributed by atoms with E-state index >= 15 is 0 Å². The van der Waals surface area contributed by atoms with Gasteiger partial charge in [-0.25, -0.2) is 0 Å². The zero-order valence-electron chi connectivity index (χ0n) is 13.1. The average molecular weight is 342 g/mol. The normalized spacial score (nSPS) is 10.4. The summed E-state index contributed by atoms with van der Waals surface area (Å²) >= 11 is 6.07. The van der Waals surface area contributed by atoms with Gasteiger partial charge in [-0.2, -0.15) is 5.10 Å². The van der Waals surface area contributed by atoms with Crippen molar-refractivity contribution in [3.63, 3.8) is 0 Å². The highest BCUT2D eigenvalue weighted by Gasteiger charge is 2.08. The van der Waals surface area contributed by atoms with Gasteiger partial charge < -0.3 is 10.1 Å². The van der Waals surface area contributed by atoms with Gasteiger partial charge in [0.05, 0.1) is 16.9 Å². The number of anilines is 1. The lowest BCUT2D eigenvalue weighted by molar-refractivity contribution is 0.102. The largest absolute Gasteiger partial charge is 0.487 e. The minimum Gasteiger partial charge on any atom is -0.487 e. The zero-order valence-corrected chi connectivity index (χ0v) is 13.8. The number of aryl methyl sites for hydroxylation is 1. The number of halogens is 1. The molecule has 1 heterocycles. The second kappa shape index (κ2) is 7.19. The third-order valence-corrected chi connectivity index (χ3v) is 3.70. The first-order valence-electron chi connectivity index (χ1n) is 7.38. The fourth-order valence-electron chi connectivity index (χ4n) is 2.21. The van der Waals surface area contributed by atoms with Crippen LogP contribution >= 0.6 is 11.6 Å². The Morgan fingerprint density at radius 2 is 2.08 bits per heavy atom. The summed E-state index contributed by atoms with van der Waals surface area (Å²) in [4.78, 5) is 12.3. The van der Waals surface area contributed by atoms with Crippen LogP contribution in [-0.4, -0.2) is 15.7 Å². The molecule has 5 nitrogen and oxygen atoms in total. The first kappa shape index (κ1) is 16.1. The number of aromatic nitrogens is 2. The molecule has 0 saturated carbocycles. The monoisotopic (exact) mass is 341 g/mol. The van der Waals surface area contributed by atoms with Crippen molar-refractivity contribution in [3.05, 3.63) is 77.1 Å². The van der Waals surface area contributed by atoms with Gasteiger partial charge in [-0.15, -0.1) is 0 Å². The highest BCUT2D eigenvalue weighted by Crippen LogP contribution is 2.24. The Balaban J connectivity index is 1.67. The smallest absolute Gasteiger partial charge is 0.255 e. The molecule has 0 atom stereocenters. The molecular formula is C18H16ClN3O2. The number of benzene rings is 2. The second-order valence-corrected chi connectivity index (χ2v) is 5.68. The minimum atomic E-state index is -0.192. The minimum absolute atomic E-state index is 0.192. The predicted molar refractivity (Wildman–Crippen MR) is 93.4 cm³/mol. The molecule has 0 saturated heterocycles. The lowest BCUT2D eigenvalue weighted by Crippen LogP contribution is -2.12. The number of nitrogens with zero attached hydrogens (tertiary/aromatic N) is 2. The van der Waals surface area contributed by atoms with Crippen molar-refractivity contribution in [1.82, 2.24) is 9.78 Å². The number of para-hydroxylation sites is 1. The van der Waals surface area contributed by atoms with E-state index in [1.54, 1.807) is 48.4 Å². The van der Waals surface area contributed by atoms with Crippen LogP contribution in [0.4, 0.5) is 5.69 Å². The number of rotatable bonds is 5. The molecule has 1 aromatic heterocycles. The van der Waals surface area contributed by atoms with Gasteiger partial charge in [-0.05, 0) is 29.8 Å². The summed E-state index contributed by atoms with van der Waals surface area (Å²) in [6.07, 6.45) is 3.34. The first-order chi connectivity index (χ1) is 11.6. The molecule has 0 radical (unpaired) electrons. The Labute approximate surface area is 144 Å². The molecule has 0 aliphatic carbocycles. The van der Waals surface area contributed by atoms with Gasteiger partial charge in [0.2, 0.25) is 0 Å². The van der Waals surface area contributed by atoms with Crippen molar-refractivity contribution in [3.8, 4) is 5.75 Å². The molecule has 24 heavy (non-hydrogen) atoms. The maximum atomic E-state index is 12.3. The van der Waals surface area contributed by atoms with Gasteiger partial charge in [-0.3, -0.25) is 9.48 Å². The van der Waals surface area contributed by atoms with Crippen LogP contribution in [0.15, 0.2) is 60.9 Å². The van der Waals surface area contributed by atoms with Crippen LogP contribution in [0, 0.1) is 0 Å². The summed E-state index contributed by atoms with van der Waals surface area (Å²) in [7, 11) is 1.79. The van der Waals surface area contributed by atoms with E-state index in [9.17, 15) is 4.79 Å². The molecule has 0 aliphatic heterocycles. The summed E-state index contributed by atoms with van der Waals surface area (Å²) < 4.78 is 7.33. The number of nitrogens with one attached hydrogen (secondary N) is 1. The van der Waals surface area contributed by atoms with E-state index in [0.29, 0.717) is 28.6 Å². The maximum Gasteiger partial charge on any atom is 0.255 e. The second-order valence-electron chi connectivity index (χ2n) is 5.28. The summed E-state index contributed by atoms with van der Waals surface area (Å²) in [6, 6.07) is 14.6. The standard InChI is InChI=1S/C18H16ClN3O2/c1-22-11-15(10-20-22)21-18(23)14-6-4-5-13(9-14)12-24-17-8-3-2-7-16(17)19/h2-11H,12H2,1H3,(H,21,23). The van der Waals surface area contributed by atoms with Crippen molar-refractivity contribution in [2.24, 2.45) is 7.05 Å². The number of ether oxygens (including phenoxy) is 1. The number of carbonyl (C=O) groups excluding carboxylic acids is 1. The summed E-state index contributed by atoms with van der Waals surface area (Å²) in [5.74, 6) is 0.423. The van der Waals surface area contributed by atoms with Gasteiger partial charge in [-0.1, -0.05) is 35.9 Å². The van der Waals surface area contributed by atoms with Crippen LogP contribution in [0.3, 0.4) is 0 Å². The third kappa shape index (κ3) is 3.94. The van der Waals surface area contributed by atoms with Crippen LogP contribution in [0.25, 0.3) is 0 Å². The van der Waals surface area contributed by atoms with Crippen LogP contribution in [0.2, 0.25) is 5.02 Å². The van der Waals surface area contributed by atoms with Gasteiger partial charge in [0.15, 0.2) is 0 Å². The Bertz CT molecular complexity index is 861. The van der Waals surface area contributed by atoms with E-state index in [1.165, 1.54) is 0 Å². The Morgan fingerprint density at radius 3 is 2.83 bits per heavy atom. The predicted octanol–water partition coefficient (Wildman–Crippen LogP) is 3.90. The number of amides is 1. The average Bonchev–Trinajstić information content (AvgIpc) is 2.99. The van der Waals surface area contributed by atoms with Gasteiger partial charge in [0, 0.05) is 18.8 Å². The molecule has 1 N–H and O–H groups in total. The lowest BCUT2D eigenvalue weighted by atomic mass is 10.1. The van der Waals surface area contributed by atoms with E-state index in [2.05, 4.69) is 10.4 Å². The topological polar surface area (TPSA) is 56.2 Å². The third-order valence-electron chi connectivity index (χ3n) is 3.38. The fraction of sp³-hybridized carbons (Fsp3) is 0.111. The van der Waals surface area contributed by atoms with Crippen molar-refractivity contribution >= 4 is 23.2 Å². The first-order valence-corrected chi connectivity index (χ1v) is 7.76. The quantitative estimate of drug-likeness (QED) is 0.765. The lowest BCUT2D eigenvalue weighted by Gasteiger charge is -2.09. The van der Waals surface area contributed by atoms with Gasteiger partial charge in [0.1, 0.15) is 12.4 Å². The summed E-state index contributed by atoms with van der Waals surface area (Å²) in [6.45, 7) is 0.331. The van der Waals surface area contributed by atoms with E-state index in [4.69, 9.17) is 16.3 Å². The van der Waals surface area contributed by atoms with Gasteiger partial charge in [0.25, 0.3) is 5.91 Å². The number of hydrogen-bond donors (Lipinski definition) is 1. The van der Waals surface area contributed by atoms with E-state index in [0.717, 1.165) is 5.56 Å². The van der Waals surface area contributed by atoms with E-state index in [-0.39, 0.29) is 5.91 Å². The SMILES string of the molecule is Cn1cc(NC(=O)c2cccc(COc3ccccc3Cl)c2)cn1. The molecule has 6 heteroatoms. The highest BCUT2D eigenvalue weighted by molar-refractivity contribution is 6.32. The summed E-state index contributed by atoms with van der Waals surface area (Å²) in [5, 5.41) is 7.38. The Morgan fingerprint density at radius 1 is 1.25 bits per heavy atom. The highest BCUT2D eigenvalue weighted by atomic mass is 35.5. The molecule has 3 aromatic rings. The molecule has 0 unspecified atom stereocenters. The molecular weight excluding hydrogens is 326 g/mol. The van der Waals surface area contributed by atoms with Crippen molar-refractivity contribution < 1.29 is 9.53 Å². The van der Waals surface area contributed by atoms with Crippen LogP contribution in [0.5, 0.6) is 5.75 Å². The maximum absolute atomic E-state index is 12.3. The van der Waals surface area contributed by atoms with Crippen molar-refractivity contribution in [2.45, 2.75) is 6.61 Å². The molecule has 122 valence electrons. The van der Waals surface area contributed by atoms with Crippen molar-refractivity contribution in [1.29, 1.82) is 0 Å². The summed E-state index contributed by atoms with van der Waals surface area (Å²) in [5.41, 5.74) is 2.09. The van der Waals surface area contributed by atoms with Crippen LogP contribution in [0.1, 0.15) is 15.9 Å². The molecule has 0 fully saturated rings. The molecule has 0 aliphatic rings.